The van der Waals surface area contributed by atoms with Crippen molar-refractivity contribution in [2.75, 3.05) is 13.1 Å². The number of carbonyl (C=O) groups excluding carboxylic acids is 1. The Balaban J connectivity index is 0.00000192. The molecule has 5 heteroatoms. The molecule has 1 saturated carbocycles. The molecule has 3 rings (SSSR count). The lowest BCUT2D eigenvalue weighted by molar-refractivity contribution is -0.123. The molecule has 128 valence electrons. The highest BCUT2D eigenvalue weighted by Gasteiger charge is 2.45. The minimum atomic E-state index is -0.102. The Morgan fingerprint density at radius 3 is 2.70 bits per heavy atom. The number of halogens is 2. The molecule has 0 spiro atoms. The van der Waals surface area contributed by atoms with Crippen LogP contribution in [0, 0.1) is 11.8 Å². The van der Waals surface area contributed by atoms with Crippen molar-refractivity contribution in [3.05, 3.63) is 34.3 Å². The van der Waals surface area contributed by atoms with Gasteiger partial charge in [-0.3, -0.25) is 4.79 Å². The topological polar surface area (TPSA) is 41.1 Å². The molecule has 0 radical (unpaired) electrons. The van der Waals surface area contributed by atoms with E-state index in [1.54, 1.807) is 0 Å². The summed E-state index contributed by atoms with van der Waals surface area (Å²) >= 11 is 3.52. The molecule has 1 aromatic rings. The molecule has 2 N–H and O–H groups in total. The molecule has 1 atom stereocenters. The van der Waals surface area contributed by atoms with Gasteiger partial charge in [0.1, 0.15) is 0 Å². The molecule has 1 saturated heterocycles. The van der Waals surface area contributed by atoms with Crippen LogP contribution in [0.15, 0.2) is 28.7 Å². The maximum atomic E-state index is 12.5. The van der Waals surface area contributed by atoms with Gasteiger partial charge in [-0.25, -0.2) is 0 Å². The van der Waals surface area contributed by atoms with Gasteiger partial charge in [-0.05, 0) is 68.3 Å². The van der Waals surface area contributed by atoms with Gasteiger partial charge in [0.15, 0.2) is 0 Å². The monoisotopic (exact) mass is 400 g/mol. The second-order valence-electron chi connectivity index (χ2n) is 6.91. The van der Waals surface area contributed by atoms with E-state index in [0.29, 0.717) is 18.3 Å². The zero-order valence-electron chi connectivity index (χ0n) is 13.6. The molecule has 23 heavy (non-hydrogen) atoms. The summed E-state index contributed by atoms with van der Waals surface area (Å²) in [5.74, 6) is 1.37. The zero-order valence-corrected chi connectivity index (χ0v) is 16.0. The summed E-state index contributed by atoms with van der Waals surface area (Å²) in [4.78, 5) is 12.5. The van der Waals surface area contributed by atoms with Gasteiger partial charge in [0.25, 0.3) is 0 Å². The summed E-state index contributed by atoms with van der Waals surface area (Å²) in [5.41, 5.74) is 1.12. The van der Waals surface area contributed by atoms with E-state index in [-0.39, 0.29) is 23.9 Å². The summed E-state index contributed by atoms with van der Waals surface area (Å²) < 4.78 is 1.08. The Bertz CT molecular complexity index is 542. The molecule has 0 bridgehead atoms. The molecule has 1 aliphatic heterocycles. The van der Waals surface area contributed by atoms with Gasteiger partial charge in [-0.1, -0.05) is 35.0 Å². The summed E-state index contributed by atoms with van der Waals surface area (Å²) in [5, 5.41) is 6.70. The molecule has 2 fully saturated rings. The lowest BCUT2D eigenvalue weighted by Crippen LogP contribution is -2.37. The van der Waals surface area contributed by atoms with Crippen LogP contribution in [0.5, 0.6) is 0 Å². The van der Waals surface area contributed by atoms with Crippen molar-refractivity contribution in [3.63, 3.8) is 0 Å². The molecule has 1 heterocycles. The molecule has 0 aromatic heterocycles. The van der Waals surface area contributed by atoms with Crippen LogP contribution >= 0.6 is 28.3 Å². The lowest BCUT2D eigenvalue weighted by Gasteiger charge is -2.28. The molecular weight excluding hydrogens is 376 g/mol. The van der Waals surface area contributed by atoms with Crippen molar-refractivity contribution in [1.29, 1.82) is 0 Å². The quantitative estimate of drug-likeness (QED) is 0.783. The first-order valence-electron chi connectivity index (χ1n) is 8.37. The number of amides is 1. The summed E-state index contributed by atoms with van der Waals surface area (Å²) in [6.07, 6.45) is 5.16. The van der Waals surface area contributed by atoms with E-state index in [9.17, 15) is 4.79 Å². The van der Waals surface area contributed by atoms with Gasteiger partial charge in [0, 0.05) is 10.9 Å². The number of hydrogen-bond donors (Lipinski definition) is 2. The molecule has 1 unspecified atom stereocenters. The van der Waals surface area contributed by atoms with Crippen LogP contribution < -0.4 is 10.6 Å². The SMILES string of the molecule is CC(CC(=O)NC1(c2cccc(Br)c2)CC1)C1CCNCC1.Cl. The number of benzene rings is 1. The third kappa shape index (κ3) is 4.71. The first kappa shape index (κ1) is 18.8. The third-order valence-corrected chi connectivity index (χ3v) is 5.70. The highest BCUT2D eigenvalue weighted by atomic mass is 79.9. The van der Waals surface area contributed by atoms with Crippen LogP contribution in [-0.2, 0) is 10.3 Å². The first-order valence-corrected chi connectivity index (χ1v) is 9.16. The molecule has 1 aromatic carbocycles. The van der Waals surface area contributed by atoms with Gasteiger partial charge < -0.3 is 10.6 Å². The molecule has 3 nitrogen and oxygen atoms in total. The average Bonchev–Trinajstić information content (AvgIpc) is 3.29. The Morgan fingerprint density at radius 2 is 2.09 bits per heavy atom. The standard InChI is InChI=1S/C18H25BrN2O.ClH/c1-13(14-5-9-20-10-6-14)11-17(22)21-18(7-8-18)15-3-2-4-16(19)12-15;/h2-4,12-14,20H,5-11H2,1H3,(H,21,22);1H. The predicted octanol–water partition coefficient (Wildman–Crippen LogP) is 4.00. The highest BCUT2D eigenvalue weighted by molar-refractivity contribution is 9.10. The van der Waals surface area contributed by atoms with Crippen LogP contribution in [0.1, 0.15) is 44.6 Å². The van der Waals surface area contributed by atoms with Crippen LogP contribution in [0.3, 0.4) is 0 Å². The third-order valence-electron chi connectivity index (χ3n) is 5.20. The zero-order chi connectivity index (χ0) is 15.6. The van der Waals surface area contributed by atoms with Crippen molar-refractivity contribution in [1.82, 2.24) is 10.6 Å². The summed E-state index contributed by atoms with van der Waals surface area (Å²) in [6, 6.07) is 8.32. The highest BCUT2D eigenvalue weighted by Crippen LogP contribution is 2.46. The number of hydrogen-bond acceptors (Lipinski definition) is 2. The van der Waals surface area contributed by atoms with Gasteiger partial charge in [0.2, 0.25) is 5.91 Å². The van der Waals surface area contributed by atoms with Crippen molar-refractivity contribution >= 4 is 34.2 Å². The number of carbonyl (C=O) groups is 1. The molecule has 1 amide bonds. The second kappa shape index (κ2) is 8.00. The van der Waals surface area contributed by atoms with E-state index in [2.05, 4.69) is 45.6 Å². The normalized spacial score (nSPS) is 21.1. The van der Waals surface area contributed by atoms with E-state index in [4.69, 9.17) is 0 Å². The van der Waals surface area contributed by atoms with Gasteiger partial charge in [0.05, 0.1) is 5.54 Å². The fraction of sp³-hybridized carbons (Fsp3) is 0.611. The van der Waals surface area contributed by atoms with E-state index >= 15 is 0 Å². The van der Waals surface area contributed by atoms with Crippen molar-refractivity contribution < 1.29 is 4.79 Å². The smallest absolute Gasteiger partial charge is 0.220 e. The Labute approximate surface area is 153 Å². The van der Waals surface area contributed by atoms with Crippen molar-refractivity contribution in [2.45, 2.75) is 44.6 Å². The lowest BCUT2D eigenvalue weighted by atomic mass is 9.84. The van der Waals surface area contributed by atoms with E-state index in [1.165, 1.54) is 18.4 Å². The number of nitrogens with one attached hydrogen (secondary N) is 2. The van der Waals surface area contributed by atoms with Crippen molar-refractivity contribution in [3.8, 4) is 0 Å². The average molecular weight is 402 g/mol. The minimum absolute atomic E-state index is 0. The number of piperidine rings is 1. The molecular formula is C18H26BrClN2O. The maximum absolute atomic E-state index is 12.5. The number of rotatable bonds is 5. The minimum Gasteiger partial charge on any atom is -0.347 e. The van der Waals surface area contributed by atoms with Crippen molar-refractivity contribution in [2.24, 2.45) is 11.8 Å². The van der Waals surface area contributed by atoms with E-state index in [0.717, 1.165) is 30.4 Å². The fourth-order valence-corrected chi connectivity index (χ4v) is 3.99. The molecule has 1 aliphatic carbocycles. The Morgan fingerprint density at radius 1 is 1.39 bits per heavy atom. The Hall–Kier alpha value is -0.580. The van der Waals surface area contributed by atoms with Gasteiger partial charge in [-0.2, -0.15) is 0 Å². The summed E-state index contributed by atoms with van der Waals surface area (Å²) in [6.45, 7) is 4.42. The van der Waals surface area contributed by atoms with Gasteiger partial charge >= 0.3 is 0 Å². The van der Waals surface area contributed by atoms with Gasteiger partial charge in [-0.15, -0.1) is 12.4 Å². The van der Waals surface area contributed by atoms with E-state index < -0.39 is 0 Å². The van der Waals surface area contributed by atoms with Crippen LogP contribution in [0.25, 0.3) is 0 Å². The Kier molecular flexibility index (Phi) is 6.52. The molecule has 2 aliphatic rings. The van der Waals surface area contributed by atoms with Crippen LogP contribution in [0.2, 0.25) is 0 Å². The predicted molar refractivity (Wildman–Crippen MR) is 99.8 cm³/mol. The fourth-order valence-electron chi connectivity index (χ4n) is 3.59. The van der Waals surface area contributed by atoms with Crippen LogP contribution in [0.4, 0.5) is 0 Å². The first-order chi connectivity index (χ1) is 10.6. The maximum Gasteiger partial charge on any atom is 0.220 e. The second-order valence-corrected chi connectivity index (χ2v) is 7.83. The van der Waals surface area contributed by atoms with Crippen LogP contribution in [-0.4, -0.2) is 19.0 Å². The largest absolute Gasteiger partial charge is 0.347 e. The van der Waals surface area contributed by atoms with E-state index in [1.807, 2.05) is 12.1 Å². The summed E-state index contributed by atoms with van der Waals surface area (Å²) in [7, 11) is 0.